The third kappa shape index (κ3) is 3.95. The van der Waals surface area contributed by atoms with Crippen molar-refractivity contribution < 1.29 is 4.74 Å². The summed E-state index contributed by atoms with van der Waals surface area (Å²) in [6.07, 6.45) is 4.76. The predicted octanol–water partition coefficient (Wildman–Crippen LogP) is 1.23. The lowest BCUT2D eigenvalue weighted by Crippen LogP contribution is -2.40. The summed E-state index contributed by atoms with van der Waals surface area (Å²) < 4.78 is 5.38. The monoisotopic (exact) mass is 200 g/mol. The standard InChI is InChI=1S/C11H24N2O/c1-2-7-13(8-3-6-12)11-4-9-14-10-5-11/h11H,2-10,12H2,1H3. The van der Waals surface area contributed by atoms with Crippen LogP contribution in [0.25, 0.3) is 0 Å². The van der Waals surface area contributed by atoms with Gasteiger partial charge in [0.25, 0.3) is 0 Å². The fraction of sp³-hybridized carbons (Fsp3) is 1.00. The largest absolute Gasteiger partial charge is 0.381 e. The molecule has 0 saturated carbocycles. The first-order valence-electron chi connectivity index (χ1n) is 5.90. The van der Waals surface area contributed by atoms with Gasteiger partial charge in [-0.1, -0.05) is 6.92 Å². The molecule has 0 aromatic rings. The van der Waals surface area contributed by atoms with Crippen LogP contribution in [0.3, 0.4) is 0 Å². The fourth-order valence-corrected chi connectivity index (χ4v) is 2.11. The van der Waals surface area contributed by atoms with Gasteiger partial charge >= 0.3 is 0 Å². The first kappa shape index (κ1) is 12.0. The second-order valence-corrected chi connectivity index (χ2v) is 4.02. The van der Waals surface area contributed by atoms with Crippen LogP contribution in [0.2, 0.25) is 0 Å². The summed E-state index contributed by atoms with van der Waals surface area (Å²) in [6, 6.07) is 0.746. The molecule has 2 N–H and O–H groups in total. The van der Waals surface area contributed by atoms with Gasteiger partial charge in [0, 0.05) is 19.3 Å². The van der Waals surface area contributed by atoms with Gasteiger partial charge in [-0.15, -0.1) is 0 Å². The Bertz CT molecular complexity index is 135. The number of ether oxygens (including phenoxy) is 1. The maximum Gasteiger partial charge on any atom is 0.0480 e. The van der Waals surface area contributed by atoms with Crippen molar-refractivity contribution >= 4 is 0 Å². The van der Waals surface area contributed by atoms with E-state index in [0.29, 0.717) is 0 Å². The van der Waals surface area contributed by atoms with Crippen molar-refractivity contribution in [2.24, 2.45) is 5.73 Å². The maximum absolute atomic E-state index is 5.55. The van der Waals surface area contributed by atoms with Crippen LogP contribution in [0.5, 0.6) is 0 Å². The van der Waals surface area contributed by atoms with Crippen molar-refractivity contribution in [1.82, 2.24) is 4.90 Å². The number of nitrogens with two attached hydrogens (primary N) is 1. The van der Waals surface area contributed by atoms with Gasteiger partial charge in [0.1, 0.15) is 0 Å². The number of rotatable bonds is 6. The van der Waals surface area contributed by atoms with Crippen molar-refractivity contribution in [1.29, 1.82) is 0 Å². The molecule has 1 aliphatic heterocycles. The van der Waals surface area contributed by atoms with Crippen molar-refractivity contribution in [2.75, 3.05) is 32.8 Å². The quantitative estimate of drug-likeness (QED) is 0.701. The van der Waals surface area contributed by atoms with E-state index in [1.165, 1.54) is 25.8 Å². The van der Waals surface area contributed by atoms with Crippen LogP contribution < -0.4 is 5.73 Å². The molecule has 0 aromatic heterocycles. The molecule has 84 valence electrons. The first-order valence-corrected chi connectivity index (χ1v) is 5.90. The normalized spacial score (nSPS) is 19.1. The highest BCUT2D eigenvalue weighted by molar-refractivity contribution is 4.74. The Morgan fingerprint density at radius 2 is 2.00 bits per heavy atom. The molecule has 1 rings (SSSR count). The Labute approximate surface area is 87.6 Å². The van der Waals surface area contributed by atoms with E-state index in [1.807, 2.05) is 0 Å². The summed E-state index contributed by atoms with van der Waals surface area (Å²) in [5, 5.41) is 0. The van der Waals surface area contributed by atoms with E-state index in [0.717, 1.165) is 38.8 Å². The van der Waals surface area contributed by atoms with Crippen LogP contribution in [0.4, 0.5) is 0 Å². The van der Waals surface area contributed by atoms with Gasteiger partial charge in [-0.3, -0.25) is 0 Å². The molecule has 0 aliphatic carbocycles. The second-order valence-electron chi connectivity index (χ2n) is 4.02. The molecule has 0 amide bonds. The maximum atomic E-state index is 5.55. The molecule has 0 radical (unpaired) electrons. The highest BCUT2D eigenvalue weighted by atomic mass is 16.5. The third-order valence-corrected chi connectivity index (χ3v) is 2.87. The first-order chi connectivity index (χ1) is 6.88. The number of hydrogen-bond acceptors (Lipinski definition) is 3. The lowest BCUT2D eigenvalue weighted by molar-refractivity contribution is 0.0338. The van der Waals surface area contributed by atoms with Crippen LogP contribution in [0.1, 0.15) is 32.6 Å². The summed E-state index contributed by atoms with van der Waals surface area (Å²) in [6.45, 7) is 7.30. The van der Waals surface area contributed by atoms with E-state index in [9.17, 15) is 0 Å². The molecule has 3 heteroatoms. The highest BCUT2D eigenvalue weighted by Gasteiger charge is 2.19. The summed E-state index contributed by atoms with van der Waals surface area (Å²) in [4.78, 5) is 2.59. The van der Waals surface area contributed by atoms with Gasteiger partial charge in [0.2, 0.25) is 0 Å². The molecular weight excluding hydrogens is 176 g/mol. The molecule has 1 saturated heterocycles. The zero-order valence-electron chi connectivity index (χ0n) is 9.37. The minimum Gasteiger partial charge on any atom is -0.381 e. The zero-order chi connectivity index (χ0) is 10.2. The zero-order valence-corrected chi connectivity index (χ0v) is 9.37. The average molecular weight is 200 g/mol. The summed E-state index contributed by atoms with van der Waals surface area (Å²) >= 11 is 0. The highest BCUT2D eigenvalue weighted by Crippen LogP contribution is 2.14. The van der Waals surface area contributed by atoms with Gasteiger partial charge in [-0.25, -0.2) is 0 Å². The molecule has 1 aliphatic rings. The Balaban J connectivity index is 2.30. The van der Waals surface area contributed by atoms with Gasteiger partial charge in [0.05, 0.1) is 0 Å². The van der Waals surface area contributed by atoms with E-state index in [4.69, 9.17) is 10.5 Å². The topological polar surface area (TPSA) is 38.5 Å². The van der Waals surface area contributed by atoms with E-state index < -0.39 is 0 Å². The summed E-state index contributed by atoms with van der Waals surface area (Å²) in [5.74, 6) is 0. The Kier molecular flexibility index (Phi) is 6.15. The van der Waals surface area contributed by atoms with Crippen LogP contribution in [0.15, 0.2) is 0 Å². The van der Waals surface area contributed by atoms with Gasteiger partial charge in [-0.05, 0) is 45.3 Å². The summed E-state index contributed by atoms with van der Waals surface area (Å²) in [5.41, 5.74) is 5.55. The molecule has 0 bridgehead atoms. The average Bonchev–Trinajstić information content (AvgIpc) is 2.25. The summed E-state index contributed by atoms with van der Waals surface area (Å²) in [7, 11) is 0. The van der Waals surface area contributed by atoms with Crippen LogP contribution >= 0.6 is 0 Å². The number of nitrogens with zero attached hydrogens (tertiary/aromatic N) is 1. The lowest BCUT2D eigenvalue weighted by Gasteiger charge is -2.34. The lowest BCUT2D eigenvalue weighted by atomic mass is 10.1. The van der Waals surface area contributed by atoms with Crippen LogP contribution in [0, 0.1) is 0 Å². The Morgan fingerprint density at radius 1 is 1.29 bits per heavy atom. The minimum absolute atomic E-state index is 0.746. The van der Waals surface area contributed by atoms with Gasteiger partial charge < -0.3 is 15.4 Å². The second kappa shape index (κ2) is 7.21. The fourth-order valence-electron chi connectivity index (χ4n) is 2.11. The van der Waals surface area contributed by atoms with Crippen molar-refractivity contribution in [3.05, 3.63) is 0 Å². The Morgan fingerprint density at radius 3 is 2.57 bits per heavy atom. The van der Waals surface area contributed by atoms with Gasteiger partial charge in [-0.2, -0.15) is 0 Å². The molecule has 14 heavy (non-hydrogen) atoms. The van der Waals surface area contributed by atoms with Crippen molar-refractivity contribution in [2.45, 2.75) is 38.6 Å². The van der Waals surface area contributed by atoms with E-state index >= 15 is 0 Å². The third-order valence-electron chi connectivity index (χ3n) is 2.87. The molecule has 0 unspecified atom stereocenters. The van der Waals surface area contributed by atoms with E-state index in [-0.39, 0.29) is 0 Å². The van der Waals surface area contributed by atoms with Gasteiger partial charge in [0.15, 0.2) is 0 Å². The van der Waals surface area contributed by atoms with Crippen molar-refractivity contribution in [3.63, 3.8) is 0 Å². The molecule has 1 fully saturated rings. The van der Waals surface area contributed by atoms with Crippen LogP contribution in [-0.2, 0) is 4.74 Å². The SMILES string of the molecule is CCCN(CCCN)C1CCOCC1. The predicted molar refractivity (Wildman–Crippen MR) is 59.4 cm³/mol. The van der Waals surface area contributed by atoms with Crippen LogP contribution in [-0.4, -0.2) is 43.8 Å². The molecule has 3 nitrogen and oxygen atoms in total. The molecule has 0 aromatic carbocycles. The number of hydrogen-bond donors (Lipinski definition) is 1. The smallest absolute Gasteiger partial charge is 0.0480 e. The molecule has 1 heterocycles. The van der Waals surface area contributed by atoms with E-state index in [2.05, 4.69) is 11.8 Å². The molecular formula is C11H24N2O. The van der Waals surface area contributed by atoms with Crippen molar-refractivity contribution in [3.8, 4) is 0 Å². The van der Waals surface area contributed by atoms with E-state index in [1.54, 1.807) is 0 Å². The molecule has 0 spiro atoms. The Hall–Kier alpha value is -0.120. The molecule has 0 atom stereocenters. The minimum atomic E-state index is 0.746.